The maximum absolute atomic E-state index is 8.76. The molecule has 6 heteroatoms. The van der Waals surface area contributed by atoms with E-state index in [2.05, 4.69) is 21.3 Å². The van der Waals surface area contributed by atoms with Gasteiger partial charge in [-0.05, 0) is 36.5 Å². The number of nitrogens with zero attached hydrogens (tertiary/aromatic N) is 3. The highest BCUT2D eigenvalue weighted by atomic mass is 32.1. The number of nitriles is 1. The van der Waals surface area contributed by atoms with E-state index >= 15 is 0 Å². The second-order valence-corrected chi connectivity index (χ2v) is 4.47. The zero-order valence-electron chi connectivity index (χ0n) is 9.97. The minimum Gasteiger partial charge on any atom is -0.368 e. The van der Waals surface area contributed by atoms with E-state index < -0.39 is 0 Å². The monoisotopic (exact) mass is 261 g/mol. The van der Waals surface area contributed by atoms with Crippen molar-refractivity contribution in [2.45, 2.75) is 0 Å². The third-order valence-corrected chi connectivity index (χ3v) is 3.43. The Morgan fingerprint density at radius 3 is 2.33 bits per heavy atom. The van der Waals surface area contributed by atoms with Crippen molar-refractivity contribution in [3.63, 3.8) is 0 Å². The summed E-state index contributed by atoms with van der Waals surface area (Å²) in [7, 11) is 0. The van der Waals surface area contributed by atoms with Crippen molar-refractivity contribution < 1.29 is 0 Å². The molecule has 1 saturated heterocycles. The molecular formula is C12H15N5S. The topological polar surface area (TPSA) is 68.3 Å². The normalized spacial score (nSPS) is 15.1. The largest absolute Gasteiger partial charge is 0.368 e. The molecular weight excluding hydrogens is 246 g/mol. The molecule has 2 rings (SSSR count). The van der Waals surface area contributed by atoms with E-state index in [1.807, 2.05) is 24.3 Å². The number of nitrogens with two attached hydrogens (primary N) is 1. The van der Waals surface area contributed by atoms with Gasteiger partial charge in [0.25, 0.3) is 0 Å². The minimum atomic E-state index is 0.592. The number of hydrazine groups is 1. The van der Waals surface area contributed by atoms with Crippen LogP contribution in [0.4, 0.5) is 5.69 Å². The van der Waals surface area contributed by atoms with Gasteiger partial charge in [0.05, 0.1) is 11.6 Å². The van der Waals surface area contributed by atoms with Crippen molar-refractivity contribution in [1.82, 2.24) is 10.3 Å². The van der Waals surface area contributed by atoms with Crippen molar-refractivity contribution >= 4 is 23.0 Å². The number of anilines is 1. The number of thiocarbonyl (C=S) groups is 1. The lowest BCUT2D eigenvalue weighted by molar-refractivity contribution is 0.381. The fraction of sp³-hybridized carbons (Fsp3) is 0.333. The van der Waals surface area contributed by atoms with E-state index in [1.54, 1.807) is 0 Å². The Morgan fingerprint density at radius 2 is 1.83 bits per heavy atom. The van der Waals surface area contributed by atoms with Crippen LogP contribution >= 0.6 is 12.2 Å². The van der Waals surface area contributed by atoms with Gasteiger partial charge in [0, 0.05) is 31.9 Å². The molecule has 0 atom stereocenters. The fourth-order valence-electron chi connectivity index (χ4n) is 2.01. The van der Waals surface area contributed by atoms with E-state index in [9.17, 15) is 0 Å². The lowest BCUT2D eigenvalue weighted by Crippen LogP contribution is -2.53. The molecule has 0 bridgehead atoms. The highest BCUT2D eigenvalue weighted by molar-refractivity contribution is 7.80. The molecule has 18 heavy (non-hydrogen) atoms. The van der Waals surface area contributed by atoms with Crippen LogP contribution in [0.25, 0.3) is 0 Å². The number of hydrogen-bond donors (Lipinski definition) is 2. The summed E-state index contributed by atoms with van der Waals surface area (Å²) in [6.07, 6.45) is 0. The van der Waals surface area contributed by atoms with Gasteiger partial charge in [-0.1, -0.05) is 0 Å². The van der Waals surface area contributed by atoms with E-state index in [0.717, 1.165) is 31.9 Å². The first kappa shape index (κ1) is 12.6. The quantitative estimate of drug-likeness (QED) is 0.434. The standard InChI is InChI=1S/C12H15N5S/c13-9-10-1-3-11(4-2-10)16-5-7-17(8-6-16)12(18)15-14/h1-4H,5-8,14H2,(H,15,18). The van der Waals surface area contributed by atoms with E-state index in [0.29, 0.717) is 10.7 Å². The molecule has 1 aromatic rings. The molecule has 94 valence electrons. The van der Waals surface area contributed by atoms with Crippen LogP contribution < -0.4 is 16.2 Å². The van der Waals surface area contributed by atoms with Gasteiger partial charge < -0.3 is 15.2 Å². The number of nitrogens with one attached hydrogen (secondary N) is 1. The summed E-state index contributed by atoms with van der Waals surface area (Å²) in [5.74, 6) is 5.30. The van der Waals surface area contributed by atoms with Crippen LogP contribution in [0.3, 0.4) is 0 Å². The molecule has 5 nitrogen and oxygen atoms in total. The second kappa shape index (κ2) is 5.67. The van der Waals surface area contributed by atoms with Gasteiger partial charge in [0.1, 0.15) is 0 Å². The number of hydrogen-bond acceptors (Lipinski definition) is 4. The van der Waals surface area contributed by atoms with Gasteiger partial charge in [-0.15, -0.1) is 0 Å². The predicted molar refractivity (Wildman–Crippen MR) is 74.9 cm³/mol. The SMILES string of the molecule is N#Cc1ccc(N2CCN(C(=S)NN)CC2)cc1. The average Bonchev–Trinajstić information content (AvgIpc) is 2.47. The maximum Gasteiger partial charge on any atom is 0.183 e. The second-order valence-electron chi connectivity index (χ2n) is 4.08. The molecule has 3 N–H and O–H groups in total. The summed E-state index contributed by atoms with van der Waals surface area (Å²) in [5, 5.41) is 9.35. The molecule has 1 heterocycles. The molecule has 0 amide bonds. The highest BCUT2D eigenvalue weighted by Gasteiger charge is 2.18. The Morgan fingerprint density at radius 1 is 1.22 bits per heavy atom. The zero-order valence-corrected chi connectivity index (χ0v) is 10.8. The van der Waals surface area contributed by atoms with Crippen LogP contribution in [0.2, 0.25) is 0 Å². The lowest BCUT2D eigenvalue weighted by Gasteiger charge is -2.37. The highest BCUT2D eigenvalue weighted by Crippen LogP contribution is 2.17. The molecule has 1 fully saturated rings. The molecule has 1 aliphatic rings. The van der Waals surface area contributed by atoms with E-state index in [-0.39, 0.29) is 0 Å². The molecule has 0 unspecified atom stereocenters. The molecule has 0 spiro atoms. The van der Waals surface area contributed by atoms with Crippen molar-refractivity contribution in [3.05, 3.63) is 29.8 Å². The Bertz CT molecular complexity index is 456. The minimum absolute atomic E-state index is 0.592. The molecule has 0 aliphatic carbocycles. The first-order chi connectivity index (χ1) is 8.74. The molecule has 1 aromatic carbocycles. The third-order valence-electron chi connectivity index (χ3n) is 3.05. The van der Waals surface area contributed by atoms with Crippen LogP contribution in [0.5, 0.6) is 0 Å². The molecule has 0 saturated carbocycles. The smallest absolute Gasteiger partial charge is 0.183 e. The average molecular weight is 261 g/mol. The Labute approximate surface area is 112 Å². The number of benzene rings is 1. The van der Waals surface area contributed by atoms with Gasteiger partial charge in [-0.25, -0.2) is 5.84 Å². The van der Waals surface area contributed by atoms with Gasteiger partial charge in [-0.3, -0.25) is 0 Å². The van der Waals surface area contributed by atoms with Crippen LogP contribution in [0, 0.1) is 11.3 Å². The molecule has 0 radical (unpaired) electrons. The zero-order chi connectivity index (χ0) is 13.0. The Hall–Kier alpha value is -1.84. The van der Waals surface area contributed by atoms with Crippen LogP contribution in [-0.4, -0.2) is 36.2 Å². The van der Waals surface area contributed by atoms with Gasteiger partial charge in [-0.2, -0.15) is 5.26 Å². The van der Waals surface area contributed by atoms with Crippen molar-refractivity contribution in [1.29, 1.82) is 5.26 Å². The van der Waals surface area contributed by atoms with Gasteiger partial charge >= 0.3 is 0 Å². The Kier molecular flexibility index (Phi) is 3.97. The van der Waals surface area contributed by atoms with Crippen LogP contribution in [0.1, 0.15) is 5.56 Å². The molecule has 0 aromatic heterocycles. The van der Waals surface area contributed by atoms with E-state index in [4.69, 9.17) is 23.3 Å². The van der Waals surface area contributed by atoms with Crippen molar-refractivity contribution in [2.24, 2.45) is 5.84 Å². The summed E-state index contributed by atoms with van der Waals surface area (Å²) in [4.78, 5) is 4.33. The maximum atomic E-state index is 8.76. The Balaban J connectivity index is 1.97. The van der Waals surface area contributed by atoms with E-state index in [1.165, 1.54) is 0 Å². The van der Waals surface area contributed by atoms with Crippen molar-refractivity contribution in [3.8, 4) is 6.07 Å². The molecule has 1 aliphatic heterocycles. The summed E-state index contributed by atoms with van der Waals surface area (Å²) in [5.41, 5.74) is 4.33. The van der Waals surface area contributed by atoms with Gasteiger partial charge in [0.2, 0.25) is 0 Å². The summed E-state index contributed by atoms with van der Waals surface area (Å²) in [6.45, 7) is 3.49. The van der Waals surface area contributed by atoms with Crippen LogP contribution in [0.15, 0.2) is 24.3 Å². The first-order valence-corrected chi connectivity index (χ1v) is 6.16. The summed E-state index contributed by atoms with van der Waals surface area (Å²) >= 11 is 5.10. The summed E-state index contributed by atoms with van der Waals surface area (Å²) in [6, 6.07) is 9.76. The third kappa shape index (κ3) is 2.70. The van der Waals surface area contributed by atoms with Crippen molar-refractivity contribution in [2.75, 3.05) is 31.1 Å². The first-order valence-electron chi connectivity index (χ1n) is 5.75. The summed E-state index contributed by atoms with van der Waals surface area (Å²) < 4.78 is 0. The van der Waals surface area contributed by atoms with Gasteiger partial charge in [0.15, 0.2) is 5.11 Å². The predicted octanol–water partition coefficient (Wildman–Crippen LogP) is 0.428. The number of rotatable bonds is 1. The fourth-order valence-corrected chi connectivity index (χ4v) is 2.19. The number of piperazine rings is 1. The van der Waals surface area contributed by atoms with Crippen LogP contribution in [-0.2, 0) is 0 Å². The lowest BCUT2D eigenvalue weighted by atomic mass is 10.2.